The van der Waals surface area contributed by atoms with Crippen LogP contribution in [0.2, 0.25) is 0 Å². The largest absolute Gasteiger partial charge is 0.358 e. The molecule has 0 aliphatic carbocycles. The van der Waals surface area contributed by atoms with Crippen LogP contribution in [0.3, 0.4) is 0 Å². The maximum atomic E-state index is 13.0. The minimum absolute atomic E-state index is 0.178. The summed E-state index contributed by atoms with van der Waals surface area (Å²) in [6.45, 7) is 5.30. The number of carbonyl (C=O) groups is 2. The summed E-state index contributed by atoms with van der Waals surface area (Å²) in [6, 6.07) is 0. The molecule has 2 rings (SSSR count). The third-order valence-electron chi connectivity index (χ3n) is 3.81. The maximum absolute atomic E-state index is 13.0. The van der Waals surface area contributed by atoms with Gasteiger partial charge in [-0.3, -0.25) is 24.0 Å². The van der Waals surface area contributed by atoms with E-state index in [0.717, 1.165) is 4.90 Å². The van der Waals surface area contributed by atoms with Crippen molar-refractivity contribution in [1.29, 1.82) is 0 Å². The van der Waals surface area contributed by atoms with E-state index in [1.807, 2.05) is 0 Å². The fourth-order valence-corrected chi connectivity index (χ4v) is 4.85. The van der Waals surface area contributed by atoms with Crippen molar-refractivity contribution in [3.63, 3.8) is 0 Å². The Morgan fingerprint density at radius 1 is 1.30 bits per heavy atom. The van der Waals surface area contributed by atoms with Crippen molar-refractivity contribution in [1.82, 2.24) is 4.90 Å². The second-order valence-electron chi connectivity index (χ2n) is 4.94. The summed E-state index contributed by atoms with van der Waals surface area (Å²) in [5.41, 5.74) is 0. The summed E-state index contributed by atoms with van der Waals surface area (Å²) in [6.07, 6.45) is 1.40. The first-order valence-electron chi connectivity index (χ1n) is 6.58. The molecule has 1 saturated heterocycles. The summed E-state index contributed by atoms with van der Waals surface area (Å²) >= 11 is 0. The van der Waals surface area contributed by atoms with Crippen LogP contribution >= 0.6 is 7.60 Å². The van der Waals surface area contributed by atoms with Crippen LogP contribution in [-0.2, 0) is 23.2 Å². The average Bonchev–Trinajstić information content (AvgIpc) is 2.85. The SMILES string of the molecule is CCOP(=O)(OCC)[C@]1(C)N=C[C@H]2C(=O)N(C)C(=O)[C@H]21. The van der Waals surface area contributed by atoms with Gasteiger partial charge in [-0.25, -0.2) is 0 Å². The van der Waals surface area contributed by atoms with Crippen LogP contribution in [0.25, 0.3) is 0 Å². The van der Waals surface area contributed by atoms with Crippen LogP contribution < -0.4 is 0 Å². The molecule has 0 N–H and O–H groups in total. The first kappa shape index (κ1) is 15.4. The monoisotopic (exact) mass is 302 g/mol. The maximum Gasteiger partial charge on any atom is 0.358 e. The normalized spacial score (nSPS) is 33.1. The van der Waals surface area contributed by atoms with Gasteiger partial charge in [-0.2, -0.15) is 0 Å². The second kappa shape index (κ2) is 5.06. The van der Waals surface area contributed by atoms with Gasteiger partial charge in [-0.1, -0.05) is 0 Å². The highest BCUT2D eigenvalue weighted by Gasteiger charge is 2.65. The second-order valence-corrected chi connectivity index (χ2v) is 7.36. The van der Waals surface area contributed by atoms with Gasteiger partial charge in [0.15, 0.2) is 5.28 Å². The van der Waals surface area contributed by atoms with Crippen LogP contribution in [0.1, 0.15) is 20.8 Å². The number of fused-ring (bicyclic) bond motifs is 1. The lowest BCUT2D eigenvalue weighted by Crippen LogP contribution is -2.38. The Hall–Kier alpha value is -1.04. The van der Waals surface area contributed by atoms with Crippen molar-refractivity contribution in [2.24, 2.45) is 16.8 Å². The van der Waals surface area contributed by atoms with Crippen molar-refractivity contribution in [2.45, 2.75) is 26.1 Å². The molecule has 2 heterocycles. The highest BCUT2D eigenvalue weighted by Crippen LogP contribution is 2.67. The molecule has 7 nitrogen and oxygen atoms in total. The average molecular weight is 302 g/mol. The minimum Gasteiger partial charge on any atom is -0.307 e. The molecular formula is C12H19N2O5P. The Morgan fingerprint density at radius 2 is 1.85 bits per heavy atom. The van der Waals surface area contributed by atoms with Crippen LogP contribution in [0, 0.1) is 11.8 Å². The van der Waals surface area contributed by atoms with Crippen LogP contribution in [0.15, 0.2) is 4.99 Å². The standard InChI is InChI=1S/C12H19N2O5P/c1-5-18-20(17,19-6-2)12(3)9-8(7-13-12)10(15)14(4)11(9)16/h7-9H,5-6H2,1-4H3/t8-,9+,12+/m1/s1. The Morgan fingerprint density at radius 3 is 2.35 bits per heavy atom. The van der Waals surface area contributed by atoms with E-state index >= 15 is 0 Å². The lowest BCUT2D eigenvalue weighted by molar-refractivity contribution is -0.138. The third-order valence-corrected chi connectivity index (χ3v) is 6.51. The number of aliphatic imine (C=N–C) groups is 1. The molecule has 0 saturated carbocycles. The molecule has 2 aliphatic heterocycles. The fourth-order valence-electron chi connectivity index (χ4n) is 2.75. The Labute approximate surface area is 117 Å². The molecule has 0 aromatic heterocycles. The van der Waals surface area contributed by atoms with Crippen molar-refractivity contribution in [3.05, 3.63) is 0 Å². The number of likely N-dealkylation sites (tertiary alicyclic amines) is 1. The number of rotatable bonds is 5. The molecule has 0 spiro atoms. The molecule has 0 unspecified atom stereocenters. The Kier molecular flexibility index (Phi) is 3.88. The van der Waals surface area contributed by atoms with Crippen molar-refractivity contribution in [2.75, 3.05) is 20.3 Å². The molecule has 0 radical (unpaired) electrons. The highest BCUT2D eigenvalue weighted by atomic mass is 31.2. The molecule has 20 heavy (non-hydrogen) atoms. The number of nitrogens with zero attached hydrogens (tertiary/aromatic N) is 2. The van der Waals surface area contributed by atoms with Gasteiger partial charge in [-0.05, 0) is 20.8 Å². The lowest BCUT2D eigenvalue weighted by Gasteiger charge is -2.33. The summed E-state index contributed by atoms with van der Waals surface area (Å²) in [7, 11) is -2.22. The molecule has 2 amide bonds. The van der Waals surface area contributed by atoms with E-state index < -0.39 is 24.7 Å². The van der Waals surface area contributed by atoms with E-state index in [-0.39, 0.29) is 25.0 Å². The summed E-state index contributed by atoms with van der Waals surface area (Å²) in [5, 5.41) is -1.35. The first-order valence-corrected chi connectivity index (χ1v) is 8.12. The van der Waals surface area contributed by atoms with E-state index in [1.54, 1.807) is 20.8 Å². The molecule has 1 fully saturated rings. The molecule has 0 aromatic rings. The van der Waals surface area contributed by atoms with Crippen molar-refractivity contribution in [3.8, 4) is 0 Å². The highest BCUT2D eigenvalue weighted by molar-refractivity contribution is 7.55. The first-order chi connectivity index (χ1) is 9.32. The zero-order chi connectivity index (χ0) is 15.1. The number of hydrogen-bond acceptors (Lipinski definition) is 6. The lowest BCUT2D eigenvalue weighted by atomic mass is 9.93. The third kappa shape index (κ3) is 1.88. The van der Waals surface area contributed by atoms with Crippen LogP contribution in [-0.4, -0.2) is 48.5 Å². The Bertz CT molecular complexity index is 510. The predicted molar refractivity (Wildman–Crippen MR) is 72.5 cm³/mol. The van der Waals surface area contributed by atoms with Gasteiger partial charge in [0.1, 0.15) is 0 Å². The van der Waals surface area contributed by atoms with E-state index in [2.05, 4.69) is 4.99 Å². The van der Waals surface area contributed by atoms with Gasteiger partial charge in [0.25, 0.3) is 0 Å². The van der Waals surface area contributed by atoms with Gasteiger partial charge < -0.3 is 9.05 Å². The molecule has 0 aromatic carbocycles. The van der Waals surface area contributed by atoms with E-state index in [1.165, 1.54) is 13.3 Å². The molecule has 8 heteroatoms. The van der Waals surface area contributed by atoms with Gasteiger partial charge in [0.05, 0.1) is 25.0 Å². The number of amides is 2. The zero-order valence-corrected chi connectivity index (χ0v) is 12.9. The molecule has 3 atom stereocenters. The zero-order valence-electron chi connectivity index (χ0n) is 12.0. The smallest absolute Gasteiger partial charge is 0.307 e. The van der Waals surface area contributed by atoms with Gasteiger partial charge in [0.2, 0.25) is 11.8 Å². The summed E-state index contributed by atoms with van der Waals surface area (Å²) in [5.74, 6) is -2.21. The van der Waals surface area contributed by atoms with E-state index in [9.17, 15) is 14.2 Å². The molecule has 112 valence electrons. The number of imide groups is 1. The van der Waals surface area contributed by atoms with Gasteiger partial charge in [-0.15, -0.1) is 0 Å². The van der Waals surface area contributed by atoms with E-state index in [4.69, 9.17) is 9.05 Å². The fraction of sp³-hybridized carbons (Fsp3) is 0.750. The van der Waals surface area contributed by atoms with Crippen LogP contribution in [0.5, 0.6) is 0 Å². The van der Waals surface area contributed by atoms with Gasteiger partial charge in [0, 0.05) is 13.3 Å². The topological polar surface area (TPSA) is 85.3 Å². The predicted octanol–water partition coefficient (Wildman–Crippen LogP) is 1.28. The molecular weight excluding hydrogens is 283 g/mol. The quantitative estimate of drug-likeness (QED) is 0.564. The molecule has 2 aliphatic rings. The molecule has 0 bridgehead atoms. The minimum atomic E-state index is -3.64. The number of carbonyl (C=O) groups excluding carboxylic acids is 2. The Balaban J connectivity index is 2.45. The van der Waals surface area contributed by atoms with Crippen LogP contribution in [0.4, 0.5) is 0 Å². The number of hydrogen-bond donors (Lipinski definition) is 0. The van der Waals surface area contributed by atoms with Crippen molar-refractivity contribution >= 4 is 25.6 Å². The van der Waals surface area contributed by atoms with Gasteiger partial charge >= 0.3 is 7.60 Å². The summed E-state index contributed by atoms with van der Waals surface area (Å²) in [4.78, 5) is 29.5. The van der Waals surface area contributed by atoms with E-state index in [0.29, 0.717) is 0 Å². The van der Waals surface area contributed by atoms with Crippen molar-refractivity contribution < 1.29 is 23.2 Å². The summed E-state index contributed by atoms with van der Waals surface area (Å²) < 4.78 is 23.6.